The molecule has 0 spiro atoms. The van der Waals surface area contributed by atoms with E-state index in [1.165, 1.54) is 17.0 Å². The summed E-state index contributed by atoms with van der Waals surface area (Å²) in [5, 5.41) is 3.27. The number of halogens is 3. The van der Waals surface area contributed by atoms with Gasteiger partial charge in [0.05, 0.1) is 11.6 Å². The molecule has 0 radical (unpaired) electrons. The number of ether oxygens (including phenoxy) is 2. The zero-order chi connectivity index (χ0) is 19.1. The van der Waals surface area contributed by atoms with E-state index in [1.807, 2.05) is 25.2 Å². The van der Waals surface area contributed by atoms with Crippen molar-refractivity contribution in [1.82, 2.24) is 10.2 Å². The number of carbonyl (C=O) groups excluding carboxylic acids is 1. The van der Waals surface area contributed by atoms with Crippen molar-refractivity contribution in [2.24, 2.45) is 0 Å². The summed E-state index contributed by atoms with van der Waals surface area (Å²) in [6.45, 7) is 0.383. The lowest BCUT2D eigenvalue weighted by molar-refractivity contribution is 0.172. The van der Waals surface area contributed by atoms with E-state index in [1.54, 1.807) is 26.2 Å². The van der Waals surface area contributed by atoms with Gasteiger partial charge in [-0.3, -0.25) is 0 Å². The molecule has 1 atom stereocenters. The average molecular weight is 417 g/mol. The molecule has 0 aromatic heterocycles. The highest BCUT2D eigenvalue weighted by atomic mass is 35.5. The molecule has 0 aliphatic carbocycles. The van der Waals surface area contributed by atoms with Crippen molar-refractivity contribution in [3.05, 3.63) is 58.9 Å². The van der Waals surface area contributed by atoms with Gasteiger partial charge in [-0.25, -0.2) is 9.18 Å². The van der Waals surface area contributed by atoms with Gasteiger partial charge in [-0.2, -0.15) is 0 Å². The van der Waals surface area contributed by atoms with Gasteiger partial charge in [-0.15, -0.1) is 12.4 Å². The van der Waals surface area contributed by atoms with Crippen LogP contribution in [0.4, 0.5) is 9.18 Å². The minimum atomic E-state index is -0.509. The number of amides is 1. The summed E-state index contributed by atoms with van der Waals surface area (Å²) < 4.78 is 24.3. The summed E-state index contributed by atoms with van der Waals surface area (Å²) >= 11 is 5.66. The summed E-state index contributed by atoms with van der Waals surface area (Å²) in [6, 6.07) is 11.6. The van der Waals surface area contributed by atoms with Crippen LogP contribution in [0.1, 0.15) is 18.0 Å². The molecule has 5 nitrogen and oxygen atoms in total. The lowest BCUT2D eigenvalue weighted by Gasteiger charge is -2.18. The molecule has 0 fully saturated rings. The Morgan fingerprint density at radius 1 is 1.22 bits per heavy atom. The van der Waals surface area contributed by atoms with E-state index in [9.17, 15) is 9.18 Å². The van der Waals surface area contributed by atoms with Gasteiger partial charge in [-0.05, 0) is 36.9 Å². The molecule has 2 aromatic rings. The van der Waals surface area contributed by atoms with Gasteiger partial charge in [0, 0.05) is 32.6 Å². The Labute approximate surface area is 169 Å². The van der Waals surface area contributed by atoms with Crippen molar-refractivity contribution in [2.45, 2.75) is 12.5 Å². The van der Waals surface area contributed by atoms with E-state index in [4.69, 9.17) is 21.1 Å². The highest BCUT2D eigenvalue weighted by Gasteiger charge is 2.13. The number of hydrogen-bond acceptors (Lipinski definition) is 4. The van der Waals surface area contributed by atoms with Gasteiger partial charge in [0.2, 0.25) is 0 Å². The van der Waals surface area contributed by atoms with E-state index in [0.29, 0.717) is 24.5 Å². The molecule has 1 N–H and O–H groups in total. The average Bonchev–Trinajstić information content (AvgIpc) is 2.62. The Hall–Kier alpha value is -2.02. The molecule has 0 heterocycles. The van der Waals surface area contributed by atoms with Crippen LogP contribution in [0.5, 0.6) is 11.5 Å². The molecule has 2 rings (SSSR count). The molecule has 27 heavy (non-hydrogen) atoms. The summed E-state index contributed by atoms with van der Waals surface area (Å²) in [5.74, 6) is 0.391. The van der Waals surface area contributed by atoms with Gasteiger partial charge in [0.15, 0.2) is 0 Å². The monoisotopic (exact) mass is 416 g/mol. The summed E-state index contributed by atoms with van der Waals surface area (Å²) in [4.78, 5) is 13.0. The molecule has 0 aliphatic heterocycles. The molecule has 0 aliphatic rings. The van der Waals surface area contributed by atoms with Crippen molar-refractivity contribution in [1.29, 1.82) is 0 Å². The van der Waals surface area contributed by atoms with Gasteiger partial charge >= 0.3 is 6.09 Å². The number of carbonyl (C=O) groups is 1. The maximum Gasteiger partial charge on any atom is 0.414 e. The van der Waals surface area contributed by atoms with Gasteiger partial charge in [-0.1, -0.05) is 23.7 Å². The lowest BCUT2D eigenvalue weighted by Crippen LogP contribution is -2.25. The van der Waals surface area contributed by atoms with Crippen molar-refractivity contribution in [2.75, 3.05) is 27.7 Å². The van der Waals surface area contributed by atoms with Crippen LogP contribution >= 0.6 is 24.0 Å². The fraction of sp³-hybridized carbons (Fsp3) is 0.316. The molecule has 2 aromatic carbocycles. The van der Waals surface area contributed by atoms with Gasteiger partial charge in [0.1, 0.15) is 17.3 Å². The Morgan fingerprint density at radius 2 is 1.96 bits per heavy atom. The Morgan fingerprint density at radius 3 is 2.59 bits per heavy atom. The maximum atomic E-state index is 13.4. The Kier molecular flexibility index (Phi) is 9.35. The zero-order valence-electron chi connectivity index (χ0n) is 15.4. The Balaban J connectivity index is 0.00000364. The quantitative estimate of drug-likeness (QED) is 0.710. The number of nitrogens with zero attached hydrogens (tertiary/aromatic N) is 1. The first-order valence-corrected chi connectivity index (χ1v) is 8.52. The lowest BCUT2D eigenvalue weighted by atomic mass is 10.0. The first-order valence-electron chi connectivity index (χ1n) is 8.15. The molecule has 8 heteroatoms. The van der Waals surface area contributed by atoms with E-state index in [-0.39, 0.29) is 23.5 Å². The SMILES string of the molecule is CNC(CCOc1ccc(Cl)c(F)c1)c1cccc(OC(=O)N(C)C)c1.Cl. The van der Waals surface area contributed by atoms with E-state index < -0.39 is 11.9 Å². The van der Waals surface area contributed by atoms with Crippen molar-refractivity contribution in [3.8, 4) is 11.5 Å². The minimum absolute atomic E-state index is 0. The molecule has 0 saturated carbocycles. The van der Waals surface area contributed by atoms with Crippen molar-refractivity contribution in [3.63, 3.8) is 0 Å². The fourth-order valence-electron chi connectivity index (χ4n) is 2.33. The van der Waals surface area contributed by atoms with Crippen LogP contribution in [0.2, 0.25) is 5.02 Å². The van der Waals surface area contributed by atoms with Crippen molar-refractivity contribution < 1.29 is 18.7 Å². The van der Waals surface area contributed by atoms with Crippen LogP contribution < -0.4 is 14.8 Å². The molecule has 0 saturated heterocycles. The molecule has 1 amide bonds. The molecule has 1 unspecified atom stereocenters. The molecular formula is C19H23Cl2FN2O3. The minimum Gasteiger partial charge on any atom is -0.493 e. The highest BCUT2D eigenvalue weighted by Crippen LogP contribution is 2.24. The first kappa shape index (κ1) is 23.0. The smallest absolute Gasteiger partial charge is 0.414 e. The van der Waals surface area contributed by atoms with Gasteiger partial charge in [0.25, 0.3) is 0 Å². The van der Waals surface area contributed by atoms with Gasteiger partial charge < -0.3 is 19.7 Å². The van der Waals surface area contributed by atoms with E-state index in [2.05, 4.69) is 5.32 Å². The van der Waals surface area contributed by atoms with Crippen LogP contribution in [-0.4, -0.2) is 38.7 Å². The van der Waals surface area contributed by atoms with E-state index in [0.717, 1.165) is 5.56 Å². The topological polar surface area (TPSA) is 50.8 Å². The summed E-state index contributed by atoms with van der Waals surface area (Å²) in [7, 11) is 5.09. The number of rotatable bonds is 7. The molecule has 0 bridgehead atoms. The summed E-state index contributed by atoms with van der Waals surface area (Å²) in [5.41, 5.74) is 0.961. The summed E-state index contributed by atoms with van der Waals surface area (Å²) in [6.07, 6.45) is 0.211. The van der Waals surface area contributed by atoms with Crippen LogP contribution in [-0.2, 0) is 0 Å². The third kappa shape index (κ3) is 6.90. The van der Waals surface area contributed by atoms with E-state index >= 15 is 0 Å². The normalized spacial score (nSPS) is 11.3. The fourth-order valence-corrected chi connectivity index (χ4v) is 2.44. The second-order valence-corrected chi connectivity index (χ2v) is 6.30. The number of hydrogen-bond donors (Lipinski definition) is 1. The van der Waals surface area contributed by atoms with Crippen LogP contribution in [0.25, 0.3) is 0 Å². The second kappa shape index (κ2) is 11.0. The van der Waals surface area contributed by atoms with Crippen LogP contribution in [0.15, 0.2) is 42.5 Å². The predicted octanol–water partition coefficient (Wildman–Crippen LogP) is 4.69. The second-order valence-electron chi connectivity index (χ2n) is 5.89. The van der Waals surface area contributed by atoms with Crippen LogP contribution in [0, 0.1) is 5.82 Å². The zero-order valence-corrected chi connectivity index (χ0v) is 16.9. The third-order valence-electron chi connectivity index (χ3n) is 3.75. The number of nitrogens with one attached hydrogen (secondary N) is 1. The molecular weight excluding hydrogens is 394 g/mol. The molecule has 148 valence electrons. The predicted molar refractivity (Wildman–Crippen MR) is 107 cm³/mol. The van der Waals surface area contributed by atoms with Crippen LogP contribution in [0.3, 0.4) is 0 Å². The maximum absolute atomic E-state index is 13.4. The van der Waals surface area contributed by atoms with Crippen molar-refractivity contribution >= 4 is 30.1 Å². The standard InChI is InChI=1S/C19H22ClFN2O3.ClH/c1-22-18(9-10-25-14-7-8-16(20)17(21)12-14)13-5-4-6-15(11-13)26-19(24)23(2)3;/h4-8,11-12,18,22H,9-10H2,1-3H3;1H. The largest absolute Gasteiger partial charge is 0.493 e. The highest BCUT2D eigenvalue weighted by molar-refractivity contribution is 6.30. The Bertz CT molecular complexity index is 759. The first-order chi connectivity index (χ1) is 12.4. The third-order valence-corrected chi connectivity index (χ3v) is 4.05. The number of benzene rings is 2.